The maximum Gasteiger partial charge on any atom is 0.522 e. The van der Waals surface area contributed by atoms with Crippen LogP contribution in [0.5, 0.6) is 11.5 Å². The van der Waals surface area contributed by atoms with Gasteiger partial charge in [0.15, 0.2) is 24.8 Å². The van der Waals surface area contributed by atoms with E-state index in [1.54, 1.807) is 0 Å². The van der Waals surface area contributed by atoms with Crippen LogP contribution in [0.15, 0.2) is 117 Å². The van der Waals surface area contributed by atoms with Crippen LogP contribution in [0.25, 0.3) is 0 Å². The lowest BCUT2D eigenvalue weighted by atomic mass is 10.2. The lowest BCUT2D eigenvalue weighted by molar-refractivity contribution is -0.0519. The van der Waals surface area contributed by atoms with E-state index in [0.29, 0.717) is 0 Å². The first-order chi connectivity index (χ1) is 24.3. The van der Waals surface area contributed by atoms with Crippen LogP contribution in [0.4, 0.5) is 26.3 Å². The number of thiol groups is 1. The Morgan fingerprint density at radius 3 is 1.00 bits per heavy atom. The van der Waals surface area contributed by atoms with Crippen molar-refractivity contribution in [1.29, 1.82) is 0 Å². The Balaban J connectivity index is 0.000000489. The molecular weight excluding hydrogens is 803 g/mol. The fourth-order valence-electron chi connectivity index (χ4n) is 3.62. The van der Waals surface area contributed by atoms with Gasteiger partial charge in [-0.25, -0.2) is 8.42 Å². The third-order valence-corrected chi connectivity index (χ3v) is 9.51. The summed E-state index contributed by atoms with van der Waals surface area (Å²) < 4.78 is 128. The molecule has 8 nitrogen and oxygen atoms in total. The smallest absolute Gasteiger partial charge is 0.522 e. The number of alkyl halides is 6. The van der Waals surface area contributed by atoms with Crippen molar-refractivity contribution in [1.82, 2.24) is 0 Å². The summed E-state index contributed by atoms with van der Waals surface area (Å²) in [5.41, 5.74) is -9.04. The van der Waals surface area contributed by atoms with Crippen molar-refractivity contribution < 1.29 is 61.8 Å². The van der Waals surface area contributed by atoms with Gasteiger partial charge in [-0.15, -0.1) is 12.6 Å². The maximum atomic E-state index is 10.7. The summed E-state index contributed by atoms with van der Waals surface area (Å²) >= 11 is 4.13. The highest BCUT2D eigenvalue weighted by Crippen LogP contribution is 2.34. The van der Waals surface area contributed by atoms with Gasteiger partial charge in [-0.3, -0.25) is 4.55 Å². The number of aryl methyl sites for hydroxylation is 2. The summed E-state index contributed by atoms with van der Waals surface area (Å²) in [5, 5.41) is 0. The fourth-order valence-corrected chi connectivity index (χ4v) is 5.81. The van der Waals surface area contributed by atoms with Crippen LogP contribution in [0.3, 0.4) is 0 Å². The Labute approximate surface area is 321 Å². The molecular formula is C36H42F6O8S4. The molecule has 54 heavy (non-hydrogen) atoms. The van der Waals surface area contributed by atoms with Gasteiger partial charge in [-0.05, 0) is 128 Å². The second kappa shape index (κ2) is 19.4. The number of hydrogen-bond donors (Lipinski definition) is 2. The number of ether oxygens (including phenoxy) is 2. The van der Waals surface area contributed by atoms with Crippen molar-refractivity contribution in [2.24, 2.45) is 0 Å². The molecule has 0 aromatic heterocycles. The minimum Gasteiger partial charge on any atom is -0.741 e. The van der Waals surface area contributed by atoms with Crippen molar-refractivity contribution >= 4 is 43.8 Å². The summed E-state index contributed by atoms with van der Waals surface area (Å²) in [6.45, 7) is 16.6. The van der Waals surface area contributed by atoms with Gasteiger partial charge in [0.25, 0.3) is 0 Å². The zero-order valence-corrected chi connectivity index (χ0v) is 33.8. The third kappa shape index (κ3) is 18.8. The largest absolute Gasteiger partial charge is 0.741 e. The quantitative estimate of drug-likeness (QED) is 0.0668. The van der Waals surface area contributed by atoms with Crippen LogP contribution in [-0.4, -0.2) is 48.2 Å². The molecule has 1 N–H and O–H groups in total. The summed E-state index contributed by atoms with van der Waals surface area (Å²) in [7, 11) is -12.1. The number of halogens is 6. The average molecular weight is 845 g/mol. The highest BCUT2D eigenvalue weighted by atomic mass is 32.2. The molecule has 0 saturated heterocycles. The molecule has 4 aromatic carbocycles. The molecule has 0 aliphatic heterocycles. The van der Waals surface area contributed by atoms with Crippen LogP contribution in [0.2, 0.25) is 0 Å². The number of benzene rings is 4. The first kappa shape index (κ1) is 48.6. The topological polar surface area (TPSA) is 130 Å². The predicted molar refractivity (Wildman–Crippen MR) is 199 cm³/mol. The Kier molecular flexibility index (Phi) is 17.5. The van der Waals surface area contributed by atoms with E-state index in [4.69, 9.17) is 35.4 Å². The molecule has 0 heterocycles. The number of hydrogen-bond acceptors (Lipinski definition) is 8. The predicted octanol–water partition coefficient (Wildman–Crippen LogP) is 10.2. The summed E-state index contributed by atoms with van der Waals surface area (Å²) in [4.78, 5) is 4.86. The molecule has 0 saturated carbocycles. The SMILES string of the molecule is Cc1ccc(S)cc1.Cc1ccc([S+](c2ccc(OC(C)(C)C)cc2)c2ccc(OC(C)(C)C)cc2)cc1.O=S(=O)(O)C(F)(F)F.O=S(=O)([O-])C(F)(F)F. The van der Waals surface area contributed by atoms with E-state index in [1.165, 1.54) is 25.8 Å². The van der Waals surface area contributed by atoms with Crippen LogP contribution >= 0.6 is 12.6 Å². The van der Waals surface area contributed by atoms with Gasteiger partial charge in [0, 0.05) is 4.90 Å². The summed E-state index contributed by atoms with van der Waals surface area (Å²) in [6.07, 6.45) is 0. The van der Waals surface area contributed by atoms with Crippen molar-refractivity contribution in [3.8, 4) is 11.5 Å². The van der Waals surface area contributed by atoms with E-state index in [1.807, 2.05) is 24.3 Å². The monoisotopic (exact) mass is 844 g/mol. The average Bonchev–Trinajstić information content (AvgIpc) is 2.99. The molecule has 0 unspecified atom stereocenters. The van der Waals surface area contributed by atoms with Gasteiger partial charge in [0.1, 0.15) is 22.7 Å². The fraction of sp³-hybridized carbons (Fsp3) is 0.333. The van der Waals surface area contributed by atoms with Crippen molar-refractivity contribution in [2.45, 2.75) is 97.2 Å². The molecule has 4 aromatic rings. The standard InChI is InChI=1S/C27H33O2S.C7H8S.2CHF3O3S/c1-20-8-14-23(15-9-20)30(24-16-10-21(11-17-24)28-26(2,3)4)25-18-12-22(13-19-25)29-27(5,6)7;1-6-2-4-7(8)5-3-6;2*2-1(3,4)8(5,6)7/h8-19H,1-7H3;2-5,8H,1H3;2*(H,5,6,7)/q+1;;;/p-1. The lowest BCUT2D eigenvalue weighted by Gasteiger charge is -2.21. The zero-order chi connectivity index (χ0) is 41.9. The maximum absolute atomic E-state index is 10.7. The Hall–Kier alpha value is -3.42. The molecule has 4 rings (SSSR count). The molecule has 0 atom stereocenters. The molecule has 0 aliphatic carbocycles. The van der Waals surface area contributed by atoms with Gasteiger partial charge < -0.3 is 14.0 Å². The van der Waals surface area contributed by atoms with Gasteiger partial charge in [-0.2, -0.15) is 34.8 Å². The van der Waals surface area contributed by atoms with Crippen LogP contribution in [0.1, 0.15) is 52.7 Å². The molecule has 0 spiro atoms. The molecule has 0 bridgehead atoms. The van der Waals surface area contributed by atoms with Crippen molar-refractivity contribution in [3.63, 3.8) is 0 Å². The van der Waals surface area contributed by atoms with Crippen molar-refractivity contribution in [3.05, 3.63) is 108 Å². The van der Waals surface area contributed by atoms with E-state index in [-0.39, 0.29) is 22.1 Å². The Morgan fingerprint density at radius 2 is 0.796 bits per heavy atom. The van der Waals surface area contributed by atoms with E-state index < -0.39 is 31.3 Å². The van der Waals surface area contributed by atoms with Gasteiger partial charge in [0.2, 0.25) is 0 Å². The first-order valence-corrected chi connectivity index (χ1v) is 20.0. The minimum absolute atomic E-state index is 0.197. The first-order valence-electron chi connectivity index (χ1n) is 15.5. The minimum atomic E-state index is -6.09. The molecule has 18 heteroatoms. The molecule has 0 fully saturated rings. The third-order valence-electron chi connectivity index (χ3n) is 5.83. The van der Waals surface area contributed by atoms with Gasteiger partial charge >= 0.3 is 21.1 Å². The lowest BCUT2D eigenvalue weighted by Crippen LogP contribution is -2.23. The molecule has 0 radical (unpaired) electrons. The highest BCUT2D eigenvalue weighted by Gasteiger charge is 2.44. The van der Waals surface area contributed by atoms with Gasteiger partial charge in [-0.1, -0.05) is 35.4 Å². The Morgan fingerprint density at radius 1 is 0.556 bits per heavy atom. The van der Waals surface area contributed by atoms with Crippen LogP contribution in [0, 0.1) is 13.8 Å². The van der Waals surface area contributed by atoms with Crippen molar-refractivity contribution in [2.75, 3.05) is 0 Å². The molecule has 0 amide bonds. The normalized spacial score (nSPS) is 12.3. The zero-order valence-electron chi connectivity index (χ0n) is 30.5. The second-order valence-electron chi connectivity index (χ2n) is 13.1. The highest BCUT2D eigenvalue weighted by molar-refractivity contribution is 7.97. The van der Waals surface area contributed by atoms with E-state index >= 15 is 0 Å². The van der Waals surface area contributed by atoms with E-state index in [0.717, 1.165) is 16.4 Å². The van der Waals surface area contributed by atoms with Gasteiger partial charge in [0.05, 0.1) is 10.9 Å². The summed E-state index contributed by atoms with van der Waals surface area (Å²) in [6, 6.07) is 33.9. The van der Waals surface area contributed by atoms with E-state index in [9.17, 15) is 26.3 Å². The molecule has 300 valence electrons. The molecule has 0 aliphatic rings. The summed E-state index contributed by atoms with van der Waals surface area (Å²) in [5.74, 6) is 1.79. The Bertz CT molecular complexity index is 1830. The van der Waals surface area contributed by atoms with E-state index in [2.05, 4.69) is 141 Å². The second-order valence-corrected chi connectivity index (χ2v) is 18.5. The van der Waals surface area contributed by atoms with Crippen LogP contribution < -0.4 is 9.47 Å². The number of rotatable bonds is 5. The van der Waals surface area contributed by atoms with Crippen LogP contribution in [-0.2, 0) is 31.1 Å².